The van der Waals surface area contributed by atoms with Gasteiger partial charge in [0.15, 0.2) is 0 Å². The molecule has 2 nitrogen and oxygen atoms in total. The molecule has 0 bridgehead atoms. The van der Waals surface area contributed by atoms with Crippen molar-refractivity contribution in [1.82, 2.24) is 4.98 Å². The predicted molar refractivity (Wildman–Crippen MR) is 61.3 cm³/mol. The van der Waals surface area contributed by atoms with E-state index in [0.29, 0.717) is 6.04 Å². The fraction of sp³-hybridized carbons (Fsp3) is 0.667. The van der Waals surface area contributed by atoms with Crippen LogP contribution in [0, 0.1) is 6.92 Å². The Bertz CT molecular complexity index is 246. The summed E-state index contributed by atoms with van der Waals surface area (Å²) in [7, 11) is 0. The van der Waals surface area contributed by atoms with Gasteiger partial charge < -0.3 is 5.73 Å². The first-order valence-corrected chi connectivity index (χ1v) is 6.46. The molecular weight excluding hydrogens is 200 g/mol. The molecule has 1 unspecified atom stereocenters. The van der Waals surface area contributed by atoms with Gasteiger partial charge in [0.2, 0.25) is 0 Å². The predicted octanol–water partition coefficient (Wildman–Crippen LogP) is 2.42. The molecule has 0 saturated carbocycles. The zero-order chi connectivity index (χ0) is 9.68. The molecule has 0 radical (unpaired) electrons. The van der Waals surface area contributed by atoms with Gasteiger partial charge in [-0.2, -0.15) is 11.8 Å². The lowest BCUT2D eigenvalue weighted by atomic mass is 10.3. The zero-order valence-corrected chi connectivity index (χ0v) is 9.75. The molecule has 2 N–H and O–H groups in total. The second-order valence-corrected chi connectivity index (χ2v) is 5.34. The van der Waals surface area contributed by atoms with Gasteiger partial charge >= 0.3 is 0 Å². The van der Waals surface area contributed by atoms with E-state index in [4.69, 9.17) is 5.73 Å². The second kappa shape index (κ2) is 5.62. The standard InChI is InChI=1S/C9H16N2S2/c1-7(10)3-4-12-5-9-6-13-8(2)11-9/h6-7H,3-5,10H2,1-2H3. The second-order valence-electron chi connectivity index (χ2n) is 3.18. The van der Waals surface area contributed by atoms with Crippen LogP contribution in [-0.2, 0) is 5.75 Å². The highest BCUT2D eigenvalue weighted by molar-refractivity contribution is 7.98. The third kappa shape index (κ3) is 4.64. The van der Waals surface area contributed by atoms with Crippen molar-refractivity contribution >= 4 is 23.1 Å². The number of rotatable bonds is 5. The van der Waals surface area contributed by atoms with Gasteiger partial charge in [-0.1, -0.05) is 0 Å². The lowest BCUT2D eigenvalue weighted by Gasteiger charge is -2.02. The van der Waals surface area contributed by atoms with Crippen molar-refractivity contribution in [1.29, 1.82) is 0 Å². The highest BCUT2D eigenvalue weighted by Crippen LogP contribution is 2.15. The van der Waals surface area contributed by atoms with Crippen molar-refractivity contribution in [2.45, 2.75) is 32.1 Å². The third-order valence-corrected chi connectivity index (χ3v) is 3.48. The maximum atomic E-state index is 5.65. The van der Waals surface area contributed by atoms with Crippen molar-refractivity contribution in [2.75, 3.05) is 5.75 Å². The molecule has 1 aromatic heterocycles. The van der Waals surface area contributed by atoms with Gasteiger partial charge in [0.25, 0.3) is 0 Å². The van der Waals surface area contributed by atoms with E-state index in [9.17, 15) is 0 Å². The van der Waals surface area contributed by atoms with E-state index in [1.165, 1.54) is 5.69 Å². The molecule has 0 aliphatic rings. The minimum absolute atomic E-state index is 0.324. The number of nitrogens with zero attached hydrogens (tertiary/aromatic N) is 1. The zero-order valence-electron chi connectivity index (χ0n) is 8.12. The molecule has 0 fully saturated rings. The molecule has 0 amide bonds. The molecule has 1 heterocycles. The van der Waals surface area contributed by atoms with Crippen molar-refractivity contribution in [3.63, 3.8) is 0 Å². The Morgan fingerprint density at radius 1 is 1.69 bits per heavy atom. The van der Waals surface area contributed by atoms with E-state index in [1.807, 2.05) is 25.6 Å². The summed E-state index contributed by atoms with van der Waals surface area (Å²) in [6.45, 7) is 4.09. The SMILES string of the molecule is Cc1nc(CSCCC(C)N)cs1. The average Bonchev–Trinajstić information content (AvgIpc) is 2.45. The number of nitrogens with two attached hydrogens (primary N) is 1. The summed E-state index contributed by atoms with van der Waals surface area (Å²) in [6, 6.07) is 0.324. The molecule has 0 aliphatic carbocycles. The Hall–Kier alpha value is -0.0600. The van der Waals surface area contributed by atoms with Crippen LogP contribution in [0.15, 0.2) is 5.38 Å². The number of aromatic nitrogens is 1. The highest BCUT2D eigenvalue weighted by atomic mass is 32.2. The molecule has 1 aromatic rings. The maximum absolute atomic E-state index is 5.65. The molecule has 0 aliphatic heterocycles. The Balaban J connectivity index is 2.13. The lowest BCUT2D eigenvalue weighted by molar-refractivity contribution is 0.721. The Morgan fingerprint density at radius 3 is 3.00 bits per heavy atom. The normalized spacial score (nSPS) is 13.2. The van der Waals surface area contributed by atoms with E-state index >= 15 is 0 Å². The van der Waals surface area contributed by atoms with E-state index in [1.54, 1.807) is 11.3 Å². The molecule has 74 valence electrons. The summed E-state index contributed by atoms with van der Waals surface area (Å²) in [6.07, 6.45) is 1.09. The minimum atomic E-state index is 0.324. The fourth-order valence-corrected chi connectivity index (χ4v) is 2.68. The number of hydrogen-bond donors (Lipinski definition) is 1. The highest BCUT2D eigenvalue weighted by Gasteiger charge is 1.99. The molecule has 1 rings (SSSR count). The van der Waals surface area contributed by atoms with Crippen molar-refractivity contribution in [3.8, 4) is 0 Å². The topological polar surface area (TPSA) is 38.9 Å². The van der Waals surface area contributed by atoms with Crippen molar-refractivity contribution in [3.05, 3.63) is 16.1 Å². The monoisotopic (exact) mass is 216 g/mol. The van der Waals surface area contributed by atoms with Crippen LogP contribution in [-0.4, -0.2) is 16.8 Å². The molecule has 4 heteroatoms. The number of aryl methyl sites for hydroxylation is 1. The molecule has 1 atom stereocenters. The summed E-state index contributed by atoms with van der Waals surface area (Å²) in [4.78, 5) is 4.39. The fourth-order valence-electron chi connectivity index (χ4n) is 0.920. The van der Waals surface area contributed by atoms with Crippen LogP contribution in [0.25, 0.3) is 0 Å². The van der Waals surface area contributed by atoms with Gasteiger partial charge in [0.1, 0.15) is 0 Å². The average molecular weight is 216 g/mol. The third-order valence-electron chi connectivity index (χ3n) is 1.63. The smallest absolute Gasteiger partial charge is 0.0897 e. The molecule has 13 heavy (non-hydrogen) atoms. The summed E-state index contributed by atoms with van der Waals surface area (Å²) in [5, 5.41) is 3.29. The van der Waals surface area contributed by atoms with E-state index in [0.717, 1.165) is 22.9 Å². The van der Waals surface area contributed by atoms with Crippen LogP contribution in [0.5, 0.6) is 0 Å². The van der Waals surface area contributed by atoms with Crippen LogP contribution < -0.4 is 5.73 Å². The van der Waals surface area contributed by atoms with E-state index < -0.39 is 0 Å². The molecule has 0 aromatic carbocycles. The Morgan fingerprint density at radius 2 is 2.46 bits per heavy atom. The van der Waals surface area contributed by atoms with Crippen molar-refractivity contribution < 1.29 is 0 Å². The summed E-state index contributed by atoms with van der Waals surface area (Å²) < 4.78 is 0. The van der Waals surface area contributed by atoms with Crippen molar-refractivity contribution in [2.24, 2.45) is 5.73 Å². The van der Waals surface area contributed by atoms with E-state index in [2.05, 4.69) is 10.4 Å². The van der Waals surface area contributed by atoms with Gasteiger partial charge in [-0.3, -0.25) is 0 Å². The van der Waals surface area contributed by atoms with E-state index in [-0.39, 0.29) is 0 Å². The van der Waals surface area contributed by atoms with Gasteiger partial charge in [0, 0.05) is 17.2 Å². The molecule has 0 saturated heterocycles. The molecular formula is C9H16N2S2. The summed E-state index contributed by atoms with van der Waals surface area (Å²) >= 11 is 3.63. The first kappa shape index (κ1) is 11.0. The van der Waals surface area contributed by atoms with Crippen LogP contribution in [0.2, 0.25) is 0 Å². The van der Waals surface area contributed by atoms with Gasteiger partial charge in [-0.05, 0) is 26.0 Å². The quantitative estimate of drug-likeness (QED) is 0.768. The number of hydrogen-bond acceptors (Lipinski definition) is 4. The summed E-state index contributed by atoms with van der Waals surface area (Å²) in [5.74, 6) is 2.16. The van der Waals surface area contributed by atoms with Crippen LogP contribution in [0.3, 0.4) is 0 Å². The minimum Gasteiger partial charge on any atom is -0.328 e. The largest absolute Gasteiger partial charge is 0.328 e. The molecule has 0 spiro atoms. The first-order chi connectivity index (χ1) is 6.18. The Labute approximate surface area is 87.9 Å². The lowest BCUT2D eigenvalue weighted by Crippen LogP contribution is -2.15. The maximum Gasteiger partial charge on any atom is 0.0897 e. The van der Waals surface area contributed by atoms with Crippen LogP contribution >= 0.6 is 23.1 Å². The van der Waals surface area contributed by atoms with Gasteiger partial charge in [0.05, 0.1) is 10.7 Å². The first-order valence-electron chi connectivity index (χ1n) is 4.43. The van der Waals surface area contributed by atoms with Crippen LogP contribution in [0.1, 0.15) is 24.0 Å². The van der Waals surface area contributed by atoms with Gasteiger partial charge in [-0.25, -0.2) is 4.98 Å². The van der Waals surface area contributed by atoms with Crippen LogP contribution in [0.4, 0.5) is 0 Å². The summed E-state index contributed by atoms with van der Waals surface area (Å²) in [5.41, 5.74) is 6.85. The Kier molecular flexibility index (Phi) is 4.77. The van der Waals surface area contributed by atoms with Gasteiger partial charge in [-0.15, -0.1) is 11.3 Å². The number of thiazole rings is 1. The number of thioether (sulfide) groups is 1.